The minimum absolute atomic E-state index is 0.222. The van der Waals surface area contributed by atoms with Crippen LogP contribution in [0.4, 0.5) is 0 Å². The number of carbonyl (C=O) groups excluding carboxylic acids is 1. The van der Waals surface area contributed by atoms with Crippen LogP contribution < -0.4 is 0 Å². The Morgan fingerprint density at radius 3 is 2.54 bits per heavy atom. The van der Waals surface area contributed by atoms with Crippen LogP contribution in [-0.4, -0.2) is 5.78 Å². The summed E-state index contributed by atoms with van der Waals surface area (Å²) in [5, 5.41) is 0. The molecule has 0 aromatic rings. The van der Waals surface area contributed by atoms with E-state index in [-0.39, 0.29) is 5.41 Å². The second-order valence-electron chi connectivity index (χ2n) is 5.22. The van der Waals surface area contributed by atoms with Crippen LogP contribution in [0.2, 0.25) is 0 Å². The Labute approximate surface area is 79.9 Å². The molecule has 0 amide bonds. The summed E-state index contributed by atoms with van der Waals surface area (Å²) >= 11 is 0. The van der Waals surface area contributed by atoms with Crippen molar-refractivity contribution in [1.29, 1.82) is 0 Å². The topological polar surface area (TPSA) is 17.1 Å². The predicted octanol–water partition coefficient (Wildman–Crippen LogP) is 2.94. The van der Waals surface area contributed by atoms with Gasteiger partial charge in [-0.15, -0.1) is 0 Å². The lowest BCUT2D eigenvalue weighted by molar-refractivity contribution is -0.158. The van der Waals surface area contributed by atoms with Crippen LogP contribution in [0.15, 0.2) is 0 Å². The first-order valence-corrected chi connectivity index (χ1v) is 5.89. The summed E-state index contributed by atoms with van der Waals surface area (Å²) in [5.74, 6) is 1.99. The molecule has 13 heavy (non-hydrogen) atoms. The number of Topliss-reactive ketones (excluding diaryl/α,β-unsaturated/α-hetero) is 1. The van der Waals surface area contributed by atoms with Gasteiger partial charge in [-0.05, 0) is 31.6 Å². The summed E-state index contributed by atoms with van der Waals surface area (Å²) in [4.78, 5) is 12.0. The van der Waals surface area contributed by atoms with Crippen molar-refractivity contribution in [2.45, 2.75) is 51.4 Å². The molecule has 1 heteroatoms. The van der Waals surface area contributed by atoms with Crippen LogP contribution in [-0.2, 0) is 4.79 Å². The van der Waals surface area contributed by atoms with Gasteiger partial charge in [-0.1, -0.05) is 25.7 Å². The molecule has 3 aliphatic carbocycles. The van der Waals surface area contributed by atoms with Gasteiger partial charge in [-0.25, -0.2) is 0 Å². The van der Waals surface area contributed by atoms with E-state index in [0.29, 0.717) is 11.7 Å². The van der Waals surface area contributed by atoms with Crippen LogP contribution in [0, 0.1) is 17.3 Å². The third kappa shape index (κ3) is 0.858. The standard InChI is InChI=1S/C12H18O/c13-11-9-5-4-6-10(9)12(11)7-2-1-3-8-12/h9-10H,1-8H2. The summed E-state index contributed by atoms with van der Waals surface area (Å²) in [6, 6.07) is 0. The average Bonchev–Trinajstić information content (AvgIpc) is 2.64. The maximum absolute atomic E-state index is 12.0. The predicted molar refractivity (Wildman–Crippen MR) is 51.4 cm³/mol. The van der Waals surface area contributed by atoms with Crippen molar-refractivity contribution in [3.63, 3.8) is 0 Å². The highest BCUT2D eigenvalue weighted by Crippen LogP contribution is 2.62. The van der Waals surface area contributed by atoms with Gasteiger partial charge >= 0.3 is 0 Å². The van der Waals surface area contributed by atoms with Crippen molar-refractivity contribution < 1.29 is 4.79 Å². The van der Waals surface area contributed by atoms with Crippen molar-refractivity contribution >= 4 is 5.78 Å². The highest BCUT2D eigenvalue weighted by atomic mass is 16.1. The number of hydrogen-bond acceptors (Lipinski definition) is 1. The largest absolute Gasteiger partial charge is 0.299 e. The first-order chi connectivity index (χ1) is 6.34. The minimum Gasteiger partial charge on any atom is -0.299 e. The molecule has 72 valence electrons. The fourth-order valence-corrected chi connectivity index (χ4v) is 4.19. The van der Waals surface area contributed by atoms with Gasteiger partial charge in [-0.2, -0.15) is 0 Å². The lowest BCUT2D eigenvalue weighted by Crippen LogP contribution is -2.56. The first kappa shape index (κ1) is 8.02. The van der Waals surface area contributed by atoms with Crippen LogP contribution >= 0.6 is 0 Å². The third-order valence-corrected chi connectivity index (χ3v) is 4.80. The highest BCUT2D eigenvalue weighted by molar-refractivity contribution is 5.94. The van der Waals surface area contributed by atoms with Gasteiger partial charge in [-0.3, -0.25) is 4.79 Å². The van der Waals surface area contributed by atoms with Crippen molar-refractivity contribution in [3.05, 3.63) is 0 Å². The summed E-state index contributed by atoms with van der Waals surface area (Å²) in [5.41, 5.74) is 0.222. The van der Waals surface area contributed by atoms with Crippen molar-refractivity contribution in [2.75, 3.05) is 0 Å². The Morgan fingerprint density at radius 1 is 1.00 bits per heavy atom. The normalized spacial score (nSPS) is 41.7. The molecule has 0 bridgehead atoms. The molecule has 0 radical (unpaired) electrons. The van der Waals surface area contributed by atoms with Crippen LogP contribution in [0.1, 0.15) is 51.4 Å². The minimum atomic E-state index is 0.222. The molecule has 2 atom stereocenters. The van der Waals surface area contributed by atoms with Crippen LogP contribution in [0.3, 0.4) is 0 Å². The molecule has 3 rings (SSSR count). The van der Waals surface area contributed by atoms with Crippen molar-refractivity contribution in [2.24, 2.45) is 17.3 Å². The van der Waals surface area contributed by atoms with E-state index in [1.54, 1.807) is 0 Å². The third-order valence-electron chi connectivity index (χ3n) is 4.80. The Hall–Kier alpha value is -0.330. The molecular weight excluding hydrogens is 160 g/mol. The van der Waals surface area contributed by atoms with Gasteiger partial charge in [0.2, 0.25) is 0 Å². The second-order valence-corrected chi connectivity index (χ2v) is 5.22. The fraction of sp³-hybridized carbons (Fsp3) is 0.917. The van der Waals surface area contributed by atoms with E-state index in [9.17, 15) is 4.79 Å². The molecule has 0 aromatic heterocycles. The van der Waals surface area contributed by atoms with Gasteiger partial charge in [0.1, 0.15) is 5.78 Å². The molecule has 0 aliphatic heterocycles. The highest BCUT2D eigenvalue weighted by Gasteiger charge is 2.61. The monoisotopic (exact) mass is 178 g/mol. The quantitative estimate of drug-likeness (QED) is 0.557. The summed E-state index contributed by atoms with van der Waals surface area (Å²) in [7, 11) is 0. The number of rotatable bonds is 0. The van der Waals surface area contributed by atoms with E-state index >= 15 is 0 Å². The molecule has 0 saturated heterocycles. The van der Waals surface area contributed by atoms with E-state index in [0.717, 1.165) is 5.92 Å². The van der Waals surface area contributed by atoms with Crippen LogP contribution in [0.5, 0.6) is 0 Å². The number of carbonyl (C=O) groups is 1. The van der Waals surface area contributed by atoms with Gasteiger partial charge in [0.05, 0.1) is 0 Å². The van der Waals surface area contributed by atoms with Gasteiger partial charge in [0.15, 0.2) is 0 Å². The number of fused-ring (bicyclic) bond motifs is 2. The molecule has 2 unspecified atom stereocenters. The average molecular weight is 178 g/mol. The van der Waals surface area contributed by atoms with E-state index in [4.69, 9.17) is 0 Å². The van der Waals surface area contributed by atoms with Gasteiger partial charge < -0.3 is 0 Å². The Morgan fingerprint density at radius 2 is 1.77 bits per heavy atom. The summed E-state index contributed by atoms with van der Waals surface area (Å²) < 4.78 is 0. The zero-order chi connectivity index (χ0) is 8.89. The maximum atomic E-state index is 12.0. The Balaban J connectivity index is 1.86. The second kappa shape index (κ2) is 2.59. The summed E-state index contributed by atoms with van der Waals surface area (Å²) in [6.45, 7) is 0. The number of hydrogen-bond donors (Lipinski definition) is 0. The molecule has 0 aromatic carbocycles. The molecule has 0 heterocycles. The van der Waals surface area contributed by atoms with E-state index in [1.165, 1.54) is 51.4 Å². The molecule has 3 saturated carbocycles. The Kier molecular flexibility index (Phi) is 1.59. The summed E-state index contributed by atoms with van der Waals surface area (Å²) in [6.07, 6.45) is 10.3. The zero-order valence-corrected chi connectivity index (χ0v) is 8.22. The Bertz CT molecular complexity index is 238. The lowest BCUT2D eigenvalue weighted by Gasteiger charge is -2.53. The lowest BCUT2D eigenvalue weighted by atomic mass is 9.49. The number of ketones is 1. The SMILES string of the molecule is O=C1C2CCCC2C12CCCCC2. The fourth-order valence-electron chi connectivity index (χ4n) is 4.19. The molecule has 3 fully saturated rings. The van der Waals surface area contributed by atoms with E-state index in [2.05, 4.69) is 0 Å². The molecule has 1 spiro atoms. The molecule has 0 N–H and O–H groups in total. The molecule has 1 nitrogen and oxygen atoms in total. The van der Waals surface area contributed by atoms with E-state index in [1.807, 2.05) is 0 Å². The van der Waals surface area contributed by atoms with E-state index < -0.39 is 0 Å². The van der Waals surface area contributed by atoms with Crippen molar-refractivity contribution in [3.8, 4) is 0 Å². The maximum Gasteiger partial charge on any atom is 0.142 e. The first-order valence-electron chi connectivity index (χ1n) is 5.89. The molecule has 3 aliphatic rings. The van der Waals surface area contributed by atoms with Crippen molar-refractivity contribution in [1.82, 2.24) is 0 Å². The van der Waals surface area contributed by atoms with Crippen LogP contribution in [0.25, 0.3) is 0 Å². The molecular formula is C12H18O. The smallest absolute Gasteiger partial charge is 0.142 e. The van der Waals surface area contributed by atoms with Gasteiger partial charge in [0, 0.05) is 11.3 Å². The zero-order valence-electron chi connectivity index (χ0n) is 8.22. The van der Waals surface area contributed by atoms with Gasteiger partial charge in [0.25, 0.3) is 0 Å².